The Morgan fingerprint density at radius 2 is 1.81 bits per heavy atom. The number of fused-ring (bicyclic) bond motifs is 1. The van der Waals surface area contributed by atoms with Gasteiger partial charge >= 0.3 is 0 Å². The Labute approximate surface area is 153 Å². The van der Waals surface area contributed by atoms with Gasteiger partial charge in [-0.3, -0.25) is 9.59 Å². The highest BCUT2D eigenvalue weighted by Crippen LogP contribution is 2.18. The van der Waals surface area contributed by atoms with Gasteiger partial charge in [-0.05, 0) is 25.1 Å². The predicted molar refractivity (Wildman–Crippen MR) is 103 cm³/mol. The van der Waals surface area contributed by atoms with Crippen molar-refractivity contribution >= 4 is 22.6 Å². The van der Waals surface area contributed by atoms with E-state index >= 15 is 0 Å². The number of nitrogens with one attached hydrogen (secondary N) is 3. The molecule has 0 aliphatic carbocycles. The molecule has 0 saturated heterocycles. The van der Waals surface area contributed by atoms with E-state index in [0.717, 1.165) is 26.9 Å². The lowest BCUT2D eigenvalue weighted by molar-refractivity contribution is -0.907. The largest absolute Gasteiger partial charge is 0.360 e. The Morgan fingerprint density at radius 3 is 2.50 bits per heavy atom. The van der Waals surface area contributed by atoms with Crippen molar-refractivity contribution in [2.75, 3.05) is 14.1 Å². The van der Waals surface area contributed by atoms with Crippen LogP contribution in [0.1, 0.15) is 33.2 Å². The number of likely N-dealkylation sites (N-methyl/N-ethyl adjacent to an activating group) is 1. The highest BCUT2D eigenvalue weighted by molar-refractivity contribution is 6.09. The molecule has 3 rings (SSSR count). The van der Waals surface area contributed by atoms with E-state index in [0.29, 0.717) is 12.1 Å². The maximum absolute atomic E-state index is 12.9. The Balaban J connectivity index is 1.72. The number of benzene rings is 2. The van der Waals surface area contributed by atoms with Gasteiger partial charge < -0.3 is 15.2 Å². The standard InChI is InChI=1S/C21H23N3O2/c1-14(20(25)18-12-23-19-7-5-4-6-17(18)19)24(3)13-15-8-10-16(11-9-15)21(26)22-2/h4-12,14,23H,13H2,1-3H3,(H,22,26)/p+1/t14-/m1/s1. The zero-order chi connectivity index (χ0) is 18.7. The summed E-state index contributed by atoms with van der Waals surface area (Å²) in [5.41, 5.74) is 3.44. The molecule has 5 nitrogen and oxygen atoms in total. The molecule has 1 aromatic heterocycles. The number of hydrogen-bond acceptors (Lipinski definition) is 2. The molecule has 0 aliphatic heterocycles. The molecule has 134 valence electrons. The summed E-state index contributed by atoms with van der Waals surface area (Å²) in [7, 11) is 3.64. The van der Waals surface area contributed by atoms with Crippen LogP contribution >= 0.6 is 0 Å². The lowest BCUT2D eigenvalue weighted by Crippen LogP contribution is -3.12. The molecule has 0 spiro atoms. The molecule has 3 aromatic rings. The van der Waals surface area contributed by atoms with Crippen LogP contribution in [0.25, 0.3) is 10.9 Å². The third-order valence-corrected chi connectivity index (χ3v) is 4.91. The van der Waals surface area contributed by atoms with Gasteiger partial charge in [0.15, 0.2) is 0 Å². The van der Waals surface area contributed by atoms with E-state index in [1.165, 1.54) is 0 Å². The summed E-state index contributed by atoms with van der Waals surface area (Å²) in [5, 5.41) is 3.58. The number of H-pyrrole nitrogens is 1. The summed E-state index contributed by atoms with van der Waals surface area (Å²) in [6.45, 7) is 2.67. The molecule has 1 amide bonds. The van der Waals surface area contributed by atoms with Crippen LogP contribution in [0, 0.1) is 0 Å². The van der Waals surface area contributed by atoms with E-state index in [2.05, 4.69) is 10.3 Å². The molecule has 1 heterocycles. The molecule has 0 saturated carbocycles. The minimum absolute atomic E-state index is 0.0971. The number of ketones is 1. The number of aromatic amines is 1. The van der Waals surface area contributed by atoms with E-state index in [1.54, 1.807) is 13.2 Å². The van der Waals surface area contributed by atoms with Gasteiger partial charge in [-0.1, -0.05) is 30.3 Å². The highest BCUT2D eigenvalue weighted by atomic mass is 16.1. The van der Waals surface area contributed by atoms with Crippen molar-refractivity contribution in [3.05, 3.63) is 71.4 Å². The second-order valence-electron chi connectivity index (χ2n) is 6.63. The van der Waals surface area contributed by atoms with Crippen molar-refractivity contribution in [2.24, 2.45) is 0 Å². The molecule has 3 N–H and O–H groups in total. The van der Waals surface area contributed by atoms with Crippen LogP contribution < -0.4 is 10.2 Å². The summed E-state index contributed by atoms with van der Waals surface area (Å²) in [6, 6.07) is 15.2. The zero-order valence-electron chi connectivity index (χ0n) is 15.3. The Hall–Kier alpha value is -2.92. The summed E-state index contributed by atoms with van der Waals surface area (Å²) < 4.78 is 0. The predicted octanol–water partition coefficient (Wildman–Crippen LogP) is 1.81. The van der Waals surface area contributed by atoms with E-state index in [4.69, 9.17) is 0 Å². The summed E-state index contributed by atoms with van der Waals surface area (Å²) >= 11 is 0. The van der Waals surface area contributed by atoms with Gasteiger partial charge in [0.05, 0.1) is 7.05 Å². The fraction of sp³-hybridized carbons (Fsp3) is 0.238. The SMILES string of the molecule is CNC(=O)c1ccc(C[NH+](C)[C@H](C)C(=O)c2c[nH]c3ccccc23)cc1. The van der Waals surface area contributed by atoms with Crippen molar-refractivity contribution < 1.29 is 14.5 Å². The first-order valence-electron chi connectivity index (χ1n) is 8.75. The summed E-state index contributed by atoms with van der Waals surface area (Å²) in [6.07, 6.45) is 1.80. The molecule has 5 heteroatoms. The Bertz CT molecular complexity index is 928. The van der Waals surface area contributed by atoms with Crippen LogP contribution in [0.2, 0.25) is 0 Å². The minimum Gasteiger partial charge on any atom is -0.360 e. The number of carbonyl (C=O) groups is 2. The van der Waals surface area contributed by atoms with Gasteiger partial charge in [0.1, 0.15) is 12.6 Å². The van der Waals surface area contributed by atoms with E-state index in [9.17, 15) is 9.59 Å². The van der Waals surface area contributed by atoms with Gasteiger partial charge in [-0.25, -0.2) is 0 Å². The van der Waals surface area contributed by atoms with Crippen LogP contribution in [-0.4, -0.2) is 36.8 Å². The fourth-order valence-corrected chi connectivity index (χ4v) is 3.13. The average Bonchev–Trinajstić information content (AvgIpc) is 3.10. The quantitative estimate of drug-likeness (QED) is 0.594. The first-order valence-corrected chi connectivity index (χ1v) is 8.75. The first-order chi connectivity index (χ1) is 12.5. The third-order valence-electron chi connectivity index (χ3n) is 4.91. The zero-order valence-corrected chi connectivity index (χ0v) is 15.3. The lowest BCUT2D eigenvalue weighted by Gasteiger charge is -2.20. The van der Waals surface area contributed by atoms with Crippen LogP contribution in [0.3, 0.4) is 0 Å². The molecule has 0 fully saturated rings. The lowest BCUT2D eigenvalue weighted by atomic mass is 10.0. The van der Waals surface area contributed by atoms with Crippen LogP contribution in [-0.2, 0) is 6.54 Å². The normalized spacial score (nSPS) is 13.3. The molecule has 0 aliphatic rings. The number of quaternary nitrogens is 1. The summed E-state index contributed by atoms with van der Waals surface area (Å²) in [4.78, 5) is 28.8. The van der Waals surface area contributed by atoms with E-state index < -0.39 is 0 Å². The number of carbonyl (C=O) groups excluding carboxylic acids is 2. The second kappa shape index (κ2) is 7.54. The van der Waals surface area contributed by atoms with Crippen LogP contribution in [0.15, 0.2) is 54.7 Å². The van der Waals surface area contributed by atoms with Gasteiger partial charge in [0, 0.05) is 40.8 Å². The van der Waals surface area contributed by atoms with E-state index in [-0.39, 0.29) is 17.7 Å². The minimum atomic E-state index is -0.173. The Morgan fingerprint density at radius 1 is 1.12 bits per heavy atom. The highest BCUT2D eigenvalue weighted by Gasteiger charge is 2.25. The van der Waals surface area contributed by atoms with Crippen molar-refractivity contribution in [1.82, 2.24) is 10.3 Å². The molecule has 2 aromatic carbocycles. The molecule has 0 radical (unpaired) electrons. The van der Waals surface area contributed by atoms with Crippen molar-refractivity contribution in [2.45, 2.75) is 19.5 Å². The fourth-order valence-electron chi connectivity index (χ4n) is 3.13. The number of amides is 1. The van der Waals surface area contributed by atoms with Crippen LogP contribution in [0.4, 0.5) is 0 Å². The number of Topliss-reactive ketones (excluding diaryl/α,β-unsaturated/α-hetero) is 1. The monoisotopic (exact) mass is 350 g/mol. The van der Waals surface area contributed by atoms with Crippen molar-refractivity contribution in [3.63, 3.8) is 0 Å². The van der Waals surface area contributed by atoms with Crippen molar-refractivity contribution in [3.8, 4) is 0 Å². The molecule has 2 atom stereocenters. The molecule has 0 bridgehead atoms. The van der Waals surface area contributed by atoms with Gasteiger partial charge in [0.2, 0.25) is 5.78 Å². The molecular weight excluding hydrogens is 326 g/mol. The average molecular weight is 350 g/mol. The maximum atomic E-state index is 12.9. The topological polar surface area (TPSA) is 66.4 Å². The number of rotatable bonds is 6. The second-order valence-corrected chi connectivity index (χ2v) is 6.63. The van der Waals surface area contributed by atoms with Gasteiger partial charge in [0.25, 0.3) is 5.91 Å². The van der Waals surface area contributed by atoms with E-state index in [1.807, 2.05) is 62.5 Å². The number of hydrogen-bond donors (Lipinski definition) is 3. The maximum Gasteiger partial charge on any atom is 0.251 e. The van der Waals surface area contributed by atoms with Gasteiger partial charge in [-0.15, -0.1) is 0 Å². The number of aromatic nitrogens is 1. The third kappa shape index (κ3) is 3.53. The molecule has 1 unspecified atom stereocenters. The Kier molecular flexibility index (Phi) is 5.19. The molecular formula is C21H24N3O2+. The van der Waals surface area contributed by atoms with Gasteiger partial charge in [-0.2, -0.15) is 0 Å². The first kappa shape index (κ1) is 17.9. The number of para-hydroxylation sites is 1. The van der Waals surface area contributed by atoms with Crippen molar-refractivity contribution in [1.29, 1.82) is 0 Å². The van der Waals surface area contributed by atoms with Crippen LogP contribution in [0.5, 0.6) is 0 Å². The summed E-state index contributed by atoms with van der Waals surface area (Å²) in [5.74, 6) is 0.0297. The smallest absolute Gasteiger partial charge is 0.251 e. The molecule has 26 heavy (non-hydrogen) atoms.